The van der Waals surface area contributed by atoms with Gasteiger partial charge in [-0.2, -0.15) is 0 Å². The zero-order chi connectivity index (χ0) is 13.2. The molecule has 0 saturated carbocycles. The molecule has 1 unspecified atom stereocenters. The molecule has 2 aromatic rings. The molecule has 4 heteroatoms. The van der Waals surface area contributed by atoms with Crippen LogP contribution in [0, 0.1) is 0 Å². The van der Waals surface area contributed by atoms with Crippen LogP contribution >= 0.6 is 12.2 Å². The third kappa shape index (κ3) is 2.22. The summed E-state index contributed by atoms with van der Waals surface area (Å²) in [6.07, 6.45) is -0.574. The molecule has 1 aliphatic heterocycles. The lowest BCUT2D eigenvalue weighted by atomic mass is 10.0. The largest absolute Gasteiger partial charge is 0.480 e. The van der Waals surface area contributed by atoms with E-state index in [4.69, 9.17) is 21.7 Å². The number of ether oxygens (including phenoxy) is 2. The molecule has 0 bridgehead atoms. The van der Waals surface area contributed by atoms with Gasteiger partial charge in [0.15, 0.2) is 6.10 Å². The van der Waals surface area contributed by atoms with Crippen molar-refractivity contribution in [2.24, 2.45) is 0 Å². The van der Waals surface area contributed by atoms with E-state index in [9.17, 15) is 4.79 Å². The first-order chi connectivity index (χ1) is 9.25. The number of benzene rings is 2. The van der Waals surface area contributed by atoms with Gasteiger partial charge < -0.3 is 9.47 Å². The van der Waals surface area contributed by atoms with Crippen molar-refractivity contribution in [3.05, 3.63) is 60.2 Å². The van der Waals surface area contributed by atoms with Gasteiger partial charge in [-0.3, -0.25) is 0 Å². The van der Waals surface area contributed by atoms with Crippen molar-refractivity contribution in [1.29, 1.82) is 0 Å². The number of carbonyl (C=O) groups is 1. The molecule has 1 aliphatic rings. The predicted octanol–water partition coefficient (Wildman–Crippen LogP) is 3.10. The molecule has 94 valence electrons. The fourth-order valence-electron chi connectivity index (χ4n) is 1.94. The SMILES string of the molecule is O=C1Oc2ccccc2C(Oc2ccccc2)C1=S. The van der Waals surface area contributed by atoms with Crippen molar-refractivity contribution < 1.29 is 14.3 Å². The average Bonchev–Trinajstić information content (AvgIpc) is 2.45. The minimum Gasteiger partial charge on any atom is -0.480 e. The van der Waals surface area contributed by atoms with E-state index in [1.54, 1.807) is 12.1 Å². The van der Waals surface area contributed by atoms with Gasteiger partial charge in [0.1, 0.15) is 16.4 Å². The minimum absolute atomic E-state index is 0.141. The second-order valence-corrected chi connectivity index (χ2v) is 4.54. The summed E-state index contributed by atoms with van der Waals surface area (Å²) in [5.74, 6) is 0.649. The normalized spacial score (nSPS) is 17.6. The number of thiocarbonyl (C=S) groups is 1. The van der Waals surface area contributed by atoms with Gasteiger partial charge in [-0.25, -0.2) is 4.79 Å². The lowest BCUT2D eigenvalue weighted by molar-refractivity contribution is -0.127. The summed E-state index contributed by atoms with van der Waals surface area (Å²) in [6.45, 7) is 0. The van der Waals surface area contributed by atoms with Crippen LogP contribution in [0.15, 0.2) is 54.6 Å². The second kappa shape index (κ2) is 4.82. The van der Waals surface area contributed by atoms with Crippen molar-refractivity contribution >= 4 is 23.1 Å². The molecule has 2 aromatic carbocycles. The fraction of sp³-hybridized carbons (Fsp3) is 0.0667. The van der Waals surface area contributed by atoms with Crippen molar-refractivity contribution in [3.63, 3.8) is 0 Å². The highest BCUT2D eigenvalue weighted by Crippen LogP contribution is 2.34. The average molecular weight is 270 g/mol. The predicted molar refractivity (Wildman–Crippen MR) is 74.5 cm³/mol. The molecular formula is C15H10O3S. The van der Waals surface area contributed by atoms with E-state index in [-0.39, 0.29) is 4.86 Å². The molecule has 1 heterocycles. The Labute approximate surface area is 115 Å². The van der Waals surface area contributed by atoms with Crippen LogP contribution in [-0.2, 0) is 4.79 Å². The summed E-state index contributed by atoms with van der Waals surface area (Å²) in [5.41, 5.74) is 0.774. The first kappa shape index (κ1) is 11.9. The summed E-state index contributed by atoms with van der Waals surface area (Å²) in [5, 5.41) is 0. The van der Waals surface area contributed by atoms with Crippen LogP contribution in [0.25, 0.3) is 0 Å². The maximum absolute atomic E-state index is 11.7. The minimum atomic E-state index is -0.574. The van der Waals surface area contributed by atoms with E-state index in [0.29, 0.717) is 11.5 Å². The van der Waals surface area contributed by atoms with E-state index in [2.05, 4.69) is 0 Å². The van der Waals surface area contributed by atoms with Crippen LogP contribution < -0.4 is 9.47 Å². The van der Waals surface area contributed by atoms with E-state index in [0.717, 1.165) is 5.56 Å². The smallest absolute Gasteiger partial charge is 0.354 e. The monoisotopic (exact) mass is 270 g/mol. The Kier molecular flexibility index (Phi) is 3.01. The molecule has 0 fully saturated rings. The number of fused-ring (bicyclic) bond motifs is 1. The first-order valence-electron chi connectivity index (χ1n) is 5.82. The van der Waals surface area contributed by atoms with Gasteiger partial charge in [0.2, 0.25) is 0 Å². The lowest BCUT2D eigenvalue weighted by Crippen LogP contribution is -2.33. The molecule has 3 rings (SSSR count). The van der Waals surface area contributed by atoms with Crippen LogP contribution in [0.5, 0.6) is 11.5 Å². The van der Waals surface area contributed by atoms with E-state index in [1.165, 1.54) is 0 Å². The molecular weight excluding hydrogens is 260 g/mol. The van der Waals surface area contributed by atoms with Crippen LogP contribution in [0.2, 0.25) is 0 Å². The molecule has 0 N–H and O–H groups in total. The molecule has 0 spiro atoms. The van der Waals surface area contributed by atoms with E-state index < -0.39 is 12.1 Å². The van der Waals surface area contributed by atoms with Gasteiger partial charge in [-0.15, -0.1) is 0 Å². The van der Waals surface area contributed by atoms with Crippen LogP contribution in [0.4, 0.5) is 0 Å². The van der Waals surface area contributed by atoms with Gasteiger partial charge in [-0.05, 0) is 18.2 Å². The highest BCUT2D eigenvalue weighted by atomic mass is 32.1. The topological polar surface area (TPSA) is 35.5 Å². The molecule has 19 heavy (non-hydrogen) atoms. The Morgan fingerprint density at radius 3 is 2.47 bits per heavy atom. The lowest BCUT2D eigenvalue weighted by Gasteiger charge is -2.25. The summed E-state index contributed by atoms with van der Waals surface area (Å²) in [7, 11) is 0. The summed E-state index contributed by atoms with van der Waals surface area (Å²) in [4.78, 5) is 11.9. The molecule has 0 radical (unpaired) electrons. The van der Waals surface area contributed by atoms with Crippen molar-refractivity contribution in [2.45, 2.75) is 6.10 Å². The molecule has 0 saturated heterocycles. The standard InChI is InChI=1S/C15H10O3S/c16-15-14(19)13(17-10-6-2-1-3-7-10)11-8-4-5-9-12(11)18-15/h1-9,13H. The highest BCUT2D eigenvalue weighted by molar-refractivity contribution is 7.82. The number of rotatable bonds is 2. The third-order valence-corrected chi connectivity index (χ3v) is 3.22. The van der Waals surface area contributed by atoms with Crippen LogP contribution in [0.3, 0.4) is 0 Å². The number of hydrogen-bond donors (Lipinski definition) is 0. The maximum atomic E-state index is 11.7. The Morgan fingerprint density at radius 1 is 1.00 bits per heavy atom. The zero-order valence-corrected chi connectivity index (χ0v) is 10.7. The van der Waals surface area contributed by atoms with Crippen LogP contribution in [-0.4, -0.2) is 10.8 Å². The number of esters is 1. The number of para-hydroxylation sites is 2. The van der Waals surface area contributed by atoms with Crippen LogP contribution in [0.1, 0.15) is 11.7 Å². The fourth-order valence-corrected chi connectivity index (χ4v) is 2.16. The van der Waals surface area contributed by atoms with Crippen molar-refractivity contribution in [3.8, 4) is 11.5 Å². The van der Waals surface area contributed by atoms with Gasteiger partial charge in [0, 0.05) is 5.56 Å². The number of carbonyl (C=O) groups excluding carboxylic acids is 1. The van der Waals surface area contributed by atoms with Gasteiger partial charge in [-0.1, -0.05) is 48.6 Å². The molecule has 0 amide bonds. The quantitative estimate of drug-likeness (QED) is 0.477. The second-order valence-electron chi connectivity index (χ2n) is 4.10. The Bertz CT molecular complexity index is 637. The summed E-state index contributed by atoms with van der Waals surface area (Å²) < 4.78 is 11.0. The van der Waals surface area contributed by atoms with Gasteiger partial charge in [0.05, 0.1) is 0 Å². The highest BCUT2D eigenvalue weighted by Gasteiger charge is 2.34. The molecule has 0 aromatic heterocycles. The van der Waals surface area contributed by atoms with E-state index in [1.807, 2.05) is 42.5 Å². The van der Waals surface area contributed by atoms with Crippen molar-refractivity contribution in [1.82, 2.24) is 0 Å². The maximum Gasteiger partial charge on any atom is 0.354 e. The zero-order valence-electron chi connectivity index (χ0n) is 9.91. The summed E-state index contributed by atoms with van der Waals surface area (Å²) in [6, 6.07) is 16.5. The third-order valence-electron chi connectivity index (χ3n) is 2.84. The molecule has 1 atom stereocenters. The van der Waals surface area contributed by atoms with Gasteiger partial charge >= 0.3 is 5.97 Å². The van der Waals surface area contributed by atoms with Crippen molar-refractivity contribution in [2.75, 3.05) is 0 Å². The Morgan fingerprint density at radius 2 is 1.68 bits per heavy atom. The number of hydrogen-bond acceptors (Lipinski definition) is 4. The van der Waals surface area contributed by atoms with Gasteiger partial charge in [0.25, 0.3) is 0 Å². The van der Waals surface area contributed by atoms with E-state index >= 15 is 0 Å². The summed E-state index contributed by atoms with van der Waals surface area (Å²) >= 11 is 5.13. The Balaban J connectivity index is 1.99. The molecule has 0 aliphatic carbocycles. The molecule has 3 nitrogen and oxygen atoms in total. The Hall–Kier alpha value is -2.20. The first-order valence-corrected chi connectivity index (χ1v) is 6.23.